The molecule has 1 aromatic rings. The van der Waals surface area contributed by atoms with Gasteiger partial charge >= 0.3 is 0 Å². The molecule has 0 N–H and O–H groups in total. The Morgan fingerprint density at radius 3 is 3.00 bits per heavy atom. The zero-order chi connectivity index (χ0) is 9.68. The Labute approximate surface area is 85.7 Å². The van der Waals surface area contributed by atoms with Crippen LogP contribution in [0.3, 0.4) is 0 Å². The largest absolute Gasteiger partial charge is 0.378 e. The molecule has 5 heteroatoms. The van der Waals surface area contributed by atoms with Gasteiger partial charge in [0.2, 0.25) is 0 Å². The molecule has 3 nitrogen and oxygen atoms in total. The smallest absolute Gasteiger partial charge is 0.130 e. The predicted molar refractivity (Wildman–Crippen MR) is 54.8 cm³/mol. The van der Waals surface area contributed by atoms with Crippen molar-refractivity contribution in [1.29, 1.82) is 5.26 Å². The molecule has 0 saturated heterocycles. The second kappa shape index (κ2) is 5.22. The number of nitrogens with zero attached hydrogens (tertiary/aromatic N) is 2. The maximum absolute atomic E-state index is 8.78. The first kappa shape index (κ1) is 10.5. The van der Waals surface area contributed by atoms with Gasteiger partial charge in [-0.3, -0.25) is 0 Å². The summed E-state index contributed by atoms with van der Waals surface area (Å²) in [6, 6.07) is 2.13. The van der Waals surface area contributed by atoms with Crippen molar-refractivity contribution < 1.29 is 4.74 Å². The standard InChI is InChI=1S/C8H10N2OS2/c1-11-4-6-7(3-9)13-8(10-6)5-12-2/h4-5H2,1-2H3. The molecule has 0 fully saturated rings. The molecule has 70 valence electrons. The summed E-state index contributed by atoms with van der Waals surface area (Å²) in [7, 11) is 1.61. The molecule has 1 heterocycles. The Hall–Kier alpha value is -0.570. The minimum Gasteiger partial charge on any atom is -0.378 e. The van der Waals surface area contributed by atoms with Crippen molar-refractivity contribution in [2.45, 2.75) is 12.4 Å². The minimum atomic E-state index is 0.424. The third-order valence-corrected chi connectivity index (χ3v) is 3.14. The number of nitriles is 1. The molecule has 0 atom stereocenters. The SMILES string of the molecule is COCc1nc(CSC)sc1C#N. The van der Waals surface area contributed by atoms with E-state index < -0.39 is 0 Å². The van der Waals surface area contributed by atoms with Crippen molar-refractivity contribution in [2.75, 3.05) is 13.4 Å². The zero-order valence-electron chi connectivity index (χ0n) is 7.53. The summed E-state index contributed by atoms with van der Waals surface area (Å²) in [5, 5.41) is 9.78. The number of aromatic nitrogens is 1. The van der Waals surface area contributed by atoms with Crippen LogP contribution in [-0.4, -0.2) is 18.3 Å². The molecule has 0 aliphatic rings. The third-order valence-electron chi connectivity index (χ3n) is 1.39. The van der Waals surface area contributed by atoms with Gasteiger partial charge in [-0.15, -0.1) is 11.3 Å². The van der Waals surface area contributed by atoms with Crippen molar-refractivity contribution in [2.24, 2.45) is 0 Å². The van der Waals surface area contributed by atoms with Crippen LogP contribution >= 0.6 is 23.1 Å². The van der Waals surface area contributed by atoms with Crippen LogP contribution in [0.15, 0.2) is 0 Å². The van der Waals surface area contributed by atoms with Gasteiger partial charge < -0.3 is 4.74 Å². The first-order valence-corrected chi connectivity index (χ1v) is 5.89. The molecule has 0 spiro atoms. The molecule has 0 saturated carbocycles. The summed E-state index contributed by atoms with van der Waals surface area (Å²) in [5.41, 5.74) is 0.763. The molecule has 13 heavy (non-hydrogen) atoms. The van der Waals surface area contributed by atoms with Gasteiger partial charge in [0.1, 0.15) is 16.0 Å². The summed E-state index contributed by atoms with van der Waals surface area (Å²) in [4.78, 5) is 4.98. The van der Waals surface area contributed by atoms with Gasteiger partial charge in [-0.2, -0.15) is 17.0 Å². The van der Waals surface area contributed by atoms with Crippen LogP contribution in [0.25, 0.3) is 0 Å². The van der Waals surface area contributed by atoms with Crippen LogP contribution in [0.4, 0.5) is 0 Å². The van der Waals surface area contributed by atoms with Crippen molar-refractivity contribution in [3.05, 3.63) is 15.6 Å². The van der Waals surface area contributed by atoms with E-state index in [1.807, 2.05) is 6.26 Å². The van der Waals surface area contributed by atoms with Crippen LogP contribution in [0.1, 0.15) is 15.6 Å². The highest BCUT2D eigenvalue weighted by atomic mass is 32.2. The van der Waals surface area contributed by atoms with Gasteiger partial charge in [0.15, 0.2) is 0 Å². The van der Waals surface area contributed by atoms with E-state index in [1.54, 1.807) is 18.9 Å². The van der Waals surface area contributed by atoms with E-state index in [0.717, 1.165) is 16.5 Å². The van der Waals surface area contributed by atoms with Gasteiger partial charge in [0.05, 0.1) is 12.3 Å². The van der Waals surface area contributed by atoms with Gasteiger partial charge in [-0.25, -0.2) is 4.98 Å². The average molecular weight is 214 g/mol. The molecule has 0 bridgehead atoms. The first-order chi connectivity index (χ1) is 6.31. The summed E-state index contributed by atoms with van der Waals surface area (Å²) >= 11 is 3.15. The second-order valence-electron chi connectivity index (χ2n) is 2.36. The van der Waals surface area contributed by atoms with Gasteiger partial charge in [-0.1, -0.05) is 0 Å². The number of thiazole rings is 1. The second-order valence-corrected chi connectivity index (χ2v) is 4.31. The van der Waals surface area contributed by atoms with Crippen molar-refractivity contribution in [1.82, 2.24) is 4.98 Å². The highest BCUT2D eigenvalue weighted by Crippen LogP contribution is 2.21. The topological polar surface area (TPSA) is 45.9 Å². The number of thioether (sulfide) groups is 1. The molecular formula is C8H10N2OS2. The summed E-state index contributed by atoms with van der Waals surface area (Å²) in [6.45, 7) is 0.424. The van der Waals surface area contributed by atoms with Crippen molar-refractivity contribution in [3.63, 3.8) is 0 Å². The first-order valence-electron chi connectivity index (χ1n) is 3.68. The van der Waals surface area contributed by atoms with Crippen molar-refractivity contribution in [3.8, 4) is 6.07 Å². The molecule has 0 unspecified atom stereocenters. The molecule has 1 rings (SSSR count). The lowest BCUT2D eigenvalue weighted by Crippen LogP contribution is -1.90. The van der Waals surface area contributed by atoms with Crippen molar-refractivity contribution >= 4 is 23.1 Å². The average Bonchev–Trinajstić information content (AvgIpc) is 2.49. The number of hydrogen-bond donors (Lipinski definition) is 0. The minimum absolute atomic E-state index is 0.424. The van der Waals surface area contributed by atoms with Crippen LogP contribution in [0, 0.1) is 11.3 Å². The Morgan fingerprint density at radius 2 is 2.46 bits per heavy atom. The predicted octanol–water partition coefficient (Wildman–Crippen LogP) is 2.02. The molecule has 0 amide bonds. The number of hydrogen-bond acceptors (Lipinski definition) is 5. The summed E-state index contributed by atoms with van der Waals surface area (Å²) < 4.78 is 4.95. The lowest BCUT2D eigenvalue weighted by Gasteiger charge is -1.92. The number of methoxy groups -OCH3 is 1. The maximum atomic E-state index is 8.78. The molecule has 0 aliphatic heterocycles. The highest BCUT2D eigenvalue weighted by Gasteiger charge is 2.09. The summed E-state index contributed by atoms with van der Waals surface area (Å²) in [5.74, 6) is 0.864. The number of rotatable bonds is 4. The fraction of sp³-hybridized carbons (Fsp3) is 0.500. The molecule has 1 aromatic heterocycles. The zero-order valence-corrected chi connectivity index (χ0v) is 9.17. The van der Waals surface area contributed by atoms with Gasteiger partial charge in [0, 0.05) is 12.9 Å². The van der Waals surface area contributed by atoms with E-state index in [-0.39, 0.29) is 0 Å². The molecule has 0 radical (unpaired) electrons. The van der Waals surface area contributed by atoms with E-state index in [9.17, 15) is 0 Å². The normalized spacial score (nSPS) is 9.92. The fourth-order valence-corrected chi connectivity index (χ4v) is 2.47. The summed E-state index contributed by atoms with van der Waals surface area (Å²) in [6.07, 6.45) is 2.02. The Morgan fingerprint density at radius 1 is 1.69 bits per heavy atom. The van der Waals surface area contributed by atoms with Crippen LogP contribution < -0.4 is 0 Å². The fourth-order valence-electron chi connectivity index (χ4n) is 0.908. The van der Waals surface area contributed by atoms with Crippen LogP contribution in [0.2, 0.25) is 0 Å². The third kappa shape index (κ3) is 2.69. The molecular weight excluding hydrogens is 204 g/mol. The van der Waals surface area contributed by atoms with Gasteiger partial charge in [0.25, 0.3) is 0 Å². The Balaban J connectivity index is 2.85. The maximum Gasteiger partial charge on any atom is 0.130 e. The lowest BCUT2D eigenvalue weighted by molar-refractivity contribution is 0.181. The highest BCUT2D eigenvalue weighted by molar-refractivity contribution is 7.97. The lowest BCUT2D eigenvalue weighted by atomic mass is 10.4. The van der Waals surface area contributed by atoms with Crippen LogP contribution in [-0.2, 0) is 17.1 Å². The quantitative estimate of drug-likeness (QED) is 0.769. The van der Waals surface area contributed by atoms with E-state index in [2.05, 4.69) is 11.1 Å². The van der Waals surface area contributed by atoms with Crippen LogP contribution in [0.5, 0.6) is 0 Å². The Bertz CT molecular complexity index is 316. The van der Waals surface area contributed by atoms with E-state index in [0.29, 0.717) is 11.5 Å². The van der Waals surface area contributed by atoms with E-state index >= 15 is 0 Å². The van der Waals surface area contributed by atoms with E-state index in [1.165, 1.54) is 11.3 Å². The number of ether oxygens (including phenoxy) is 1. The van der Waals surface area contributed by atoms with Gasteiger partial charge in [-0.05, 0) is 6.26 Å². The Kier molecular flexibility index (Phi) is 4.22. The molecule has 0 aliphatic carbocycles. The monoisotopic (exact) mass is 214 g/mol. The molecule has 0 aromatic carbocycles. The van der Waals surface area contributed by atoms with E-state index in [4.69, 9.17) is 10.00 Å².